The van der Waals surface area contributed by atoms with Crippen LogP contribution >= 0.6 is 0 Å². The Bertz CT molecular complexity index is 463. The summed E-state index contributed by atoms with van der Waals surface area (Å²) in [6, 6.07) is 3.90. The minimum Gasteiger partial charge on any atom is -0.481 e. The molecule has 0 aromatic carbocycles. The summed E-state index contributed by atoms with van der Waals surface area (Å²) in [4.78, 5) is 23.5. The Morgan fingerprint density at radius 1 is 1.67 bits per heavy atom. The summed E-state index contributed by atoms with van der Waals surface area (Å²) in [7, 11) is 0. The molecule has 0 aliphatic heterocycles. The molecule has 1 N–H and O–H groups in total. The fraction of sp³-hybridized carbons (Fsp3) is 0.125. The van der Waals surface area contributed by atoms with Crippen LogP contribution in [0.15, 0.2) is 12.1 Å². The number of nitriles is 1. The molecule has 0 spiro atoms. The van der Waals surface area contributed by atoms with Gasteiger partial charge in [0.05, 0.1) is 17.7 Å². The van der Waals surface area contributed by atoms with Gasteiger partial charge in [0.1, 0.15) is 6.42 Å². The van der Waals surface area contributed by atoms with Crippen molar-refractivity contribution in [2.75, 3.05) is 0 Å². The Labute approximate surface area is 83.7 Å². The average molecular weight is 207 g/mol. The maximum absolute atomic E-state index is 10.4. The van der Waals surface area contributed by atoms with Crippen molar-refractivity contribution in [1.29, 1.82) is 5.26 Å². The van der Waals surface area contributed by atoms with Gasteiger partial charge in [-0.3, -0.25) is 4.79 Å². The van der Waals surface area contributed by atoms with Crippen LogP contribution in [0.25, 0.3) is 0 Å². The van der Waals surface area contributed by atoms with Crippen molar-refractivity contribution in [1.82, 2.24) is 4.98 Å². The average Bonchev–Trinajstić information content (AvgIpc) is 2.16. The summed E-state index contributed by atoms with van der Waals surface area (Å²) in [5.74, 6) is -1.68. The monoisotopic (exact) mass is 207 g/mol. The van der Waals surface area contributed by atoms with Gasteiger partial charge < -0.3 is 15.2 Å². The number of carboxylic acid groups (broad SMARTS) is 1. The number of rotatable bonds is 3. The maximum atomic E-state index is 10.4. The number of nitro groups is 1. The van der Waals surface area contributed by atoms with Crippen molar-refractivity contribution in [3.05, 3.63) is 33.5 Å². The third-order valence-electron chi connectivity index (χ3n) is 1.51. The smallest absolute Gasteiger partial charge is 0.365 e. The van der Waals surface area contributed by atoms with Crippen LogP contribution in [0.3, 0.4) is 0 Å². The van der Waals surface area contributed by atoms with Crippen molar-refractivity contribution in [3.63, 3.8) is 0 Å². The van der Waals surface area contributed by atoms with E-state index in [1.54, 1.807) is 6.07 Å². The second-order valence-corrected chi connectivity index (χ2v) is 2.64. The standard InChI is InChI=1S/C8H5N3O4/c9-4-5-1-6(3-8(12)13)10-7(2-5)11(14)15/h1-2H,3H2,(H,12,13). The predicted octanol–water partition coefficient (Wildman–Crippen LogP) is 0.489. The molecule has 76 valence electrons. The van der Waals surface area contributed by atoms with Crippen LogP contribution in [-0.2, 0) is 11.2 Å². The second-order valence-electron chi connectivity index (χ2n) is 2.64. The summed E-state index contributed by atoms with van der Waals surface area (Å²) in [5, 5.41) is 27.4. The van der Waals surface area contributed by atoms with Gasteiger partial charge in [0.15, 0.2) is 5.69 Å². The van der Waals surface area contributed by atoms with E-state index >= 15 is 0 Å². The van der Waals surface area contributed by atoms with Crippen LogP contribution in [0, 0.1) is 21.4 Å². The first-order chi connectivity index (χ1) is 7.02. The number of aliphatic carboxylic acids is 1. The number of hydrogen-bond donors (Lipinski definition) is 1. The molecule has 0 fully saturated rings. The van der Waals surface area contributed by atoms with Crippen LogP contribution < -0.4 is 0 Å². The molecule has 0 atom stereocenters. The van der Waals surface area contributed by atoms with Crippen LogP contribution in [0.1, 0.15) is 11.3 Å². The molecule has 15 heavy (non-hydrogen) atoms. The van der Waals surface area contributed by atoms with Gasteiger partial charge in [0.25, 0.3) is 0 Å². The molecular formula is C8H5N3O4. The molecule has 0 radical (unpaired) electrons. The van der Waals surface area contributed by atoms with Crippen molar-refractivity contribution in [2.24, 2.45) is 0 Å². The predicted molar refractivity (Wildman–Crippen MR) is 46.9 cm³/mol. The molecule has 1 aromatic heterocycles. The van der Waals surface area contributed by atoms with Gasteiger partial charge in [-0.25, -0.2) is 0 Å². The maximum Gasteiger partial charge on any atom is 0.365 e. The molecule has 0 saturated carbocycles. The van der Waals surface area contributed by atoms with Gasteiger partial charge in [-0.15, -0.1) is 0 Å². The van der Waals surface area contributed by atoms with E-state index in [4.69, 9.17) is 10.4 Å². The molecule has 0 unspecified atom stereocenters. The molecule has 1 heterocycles. The first kappa shape index (κ1) is 10.6. The van der Waals surface area contributed by atoms with Crippen molar-refractivity contribution in [2.45, 2.75) is 6.42 Å². The summed E-state index contributed by atoms with van der Waals surface area (Å²) in [6.45, 7) is 0. The molecule has 1 aromatic rings. The lowest BCUT2D eigenvalue weighted by Gasteiger charge is -1.95. The van der Waals surface area contributed by atoms with Gasteiger partial charge in [0.2, 0.25) is 0 Å². The molecule has 1 rings (SSSR count). The third kappa shape index (κ3) is 2.73. The van der Waals surface area contributed by atoms with Crippen LogP contribution in [0.5, 0.6) is 0 Å². The highest BCUT2D eigenvalue weighted by Gasteiger charge is 2.15. The van der Waals surface area contributed by atoms with E-state index in [-0.39, 0.29) is 11.3 Å². The van der Waals surface area contributed by atoms with Gasteiger partial charge in [-0.2, -0.15) is 5.26 Å². The highest BCUT2D eigenvalue weighted by Crippen LogP contribution is 2.12. The minimum absolute atomic E-state index is 0.00625. The molecule has 0 aliphatic rings. The summed E-state index contributed by atoms with van der Waals surface area (Å²) in [5.41, 5.74) is 0.0150. The van der Waals surface area contributed by atoms with Gasteiger partial charge in [-0.05, 0) is 9.91 Å². The van der Waals surface area contributed by atoms with E-state index in [1.807, 2.05) is 0 Å². The fourth-order valence-corrected chi connectivity index (χ4v) is 0.976. The van der Waals surface area contributed by atoms with Crippen LogP contribution in [0.2, 0.25) is 0 Å². The number of nitrogens with zero attached hydrogens (tertiary/aromatic N) is 3. The molecule has 7 heteroatoms. The molecule has 0 bridgehead atoms. The molecule has 0 amide bonds. The van der Waals surface area contributed by atoms with E-state index in [9.17, 15) is 14.9 Å². The normalized spacial score (nSPS) is 9.27. The highest BCUT2D eigenvalue weighted by atomic mass is 16.6. The van der Waals surface area contributed by atoms with E-state index in [1.165, 1.54) is 6.07 Å². The molecule has 0 aliphatic carbocycles. The first-order valence-corrected chi connectivity index (χ1v) is 3.80. The zero-order valence-corrected chi connectivity index (χ0v) is 7.38. The summed E-state index contributed by atoms with van der Waals surface area (Å²) >= 11 is 0. The van der Waals surface area contributed by atoms with Crippen molar-refractivity contribution < 1.29 is 14.8 Å². The van der Waals surface area contributed by atoms with E-state index < -0.39 is 23.1 Å². The highest BCUT2D eigenvalue weighted by molar-refractivity contribution is 5.69. The Morgan fingerprint density at radius 3 is 2.80 bits per heavy atom. The zero-order chi connectivity index (χ0) is 11.4. The van der Waals surface area contributed by atoms with Crippen molar-refractivity contribution in [3.8, 4) is 6.07 Å². The zero-order valence-electron chi connectivity index (χ0n) is 7.38. The van der Waals surface area contributed by atoms with Crippen molar-refractivity contribution >= 4 is 11.8 Å². The number of pyridine rings is 1. The Balaban J connectivity index is 3.18. The lowest BCUT2D eigenvalue weighted by Crippen LogP contribution is -2.04. The van der Waals surface area contributed by atoms with Gasteiger partial charge >= 0.3 is 11.8 Å². The van der Waals surface area contributed by atoms with E-state index in [0.29, 0.717) is 0 Å². The number of aromatic nitrogens is 1. The van der Waals surface area contributed by atoms with Gasteiger partial charge in [-0.1, -0.05) is 0 Å². The molecule has 0 saturated heterocycles. The third-order valence-corrected chi connectivity index (χ3v) is 1.51. The number of carboxylic acids is 1. The lowest BCUT2D eigenvalue weighted by molar-refractivity contribution is -0.389. The summed E-state index contributed by atoms with van der Waals surface area (Å²) in [6.07, 6.45) is -0.448. The van der Waals surface area contributed by atoms with E-state index in [0.717, 1.165) is 6.07 Å². The quantitative estimate of drug-likeness (QED) is 0.569. The molecule has 7 nitrogen and oxygen atoms in total. The lowest BCUT2D eigenvalue weighted by atomic mass is 10.2. The SMILES string of the molecule is N#Cc1cc(CC(=O)O)nc([N+](=O)[O-])c1. The largest absolute Gasteiger partial charge is 0.481 e. The first-order valence-electron chi connectivity index (χ1n) is 3.80. The molecular weight excluding hydrogens is 202 g/mol. The topological polar surface area (TPSA) is 117 Å². The Hall–Kier alpha value is -2.49. The second kappa shape index (κ2) is 4.15. The fourth-order valence-electron chi connectivity index (χ4n) is 0.976. The van der Waals surface area contributed by atoms with Crippen LogP contribution in [-0.4, -0.2) is 21.0 Å². The summed E-state index contributed by atoms with van der Waals surface area (Å²) < 4.78 is 0. The van der Waals surface area contributed by atoms with Crippen LogP contribution in [0.4, 0.5) is 5.82 Å². The Kier molecular flexibility index (Phi) is 2.93. The number of hydrogen-bond acceptors (Lipinski definition) is 5. The Morgan fingerprint density at radius 2 is 2.33 bits per heavy atom. The number of carbonyl (C=O) groups is 1. The van der Waals surface area contributed by atoms with E-state index in [2.05, 4.69) is 4.98 Å². The van der Waals surface area contributed by atoms with Gasteiger partial charge in [0, 0.05) is 6.07 Å². The minimum atomic E-state index is -1.16.